The predicted molar refractivity (Wildman–Crippen MR) is 122 cm³/mol. The molecule has 2 N–H and O–H groups in total. The molecule has 1 saturated heterocycles. The van der Waals surface area contributed by atoms with Crippen LogP contribution in [0.3, 0.4) is 0 Å². The van der Waals surface area contributed by atoms with Gasteiger partial charge in [0.2, 0.25) is 0 Å². The van der Waals surface area contributed by atoms with Crippen LogP contribution < -0.4 is 10.4 Å². The Hall–Kier alpha value is -4.43. The van der Waals surface area contributed by atoms with Crippen molar-refractivity contribution in [3.8, 4) is 22.8 Å². The maximum Gasteiger partial charge on any atom is 0.399 e. The second-order valence-electron chi connectivity index (χ2n) is 7.99. The van der Waals surface area contributed by atoms with Gasteiger partial charge in [-0.3, -0.25) is 4.89 Å². The third-order valence-electron chi connectivity index (χ3n) is 5.51. The Morgan fingerprint density at radius 1 is 0.941 bits per heavy atom. The first kappa shape index (κ1) is 21.4. The number of rotatable bonds is 7. The van der Waals surface area contributed by atoms with E-state index in [4.69, 9.17) is 9.87 Å². The zero-order chi connectivity index (χ0) is 23.5. The molecular formula is C26H20N3O5-. The molecule has 0 saturated carbocycles. The highest BCUT2D eigenvalue weighted by atomic mass is 17.3. The fourth-order valence-corrected chi connectivity index (χ4v) is 3.70. The number of hydrogen-bond acceptors (Lipinski definition) is 8. The molecular weight excluding hydrogens is 434 g/mol. The number of nitrogens with zero attached hydrogens (tertiary/aromatic N) is 2. The van der Waals surface area contributed by atoms with Crippen molar-refractivity contribution in [3.05, 3.63) is 102 Å². The van der Waals surface area contributed by atoms with Crippen molar-refractivity contribution in [2.24, 2.45) is 0 Å². The number of carbonyl (C=O) groups is 1. The summed E-state index contributed by atoms with van der Waals surface area (Å²) >= 11 is 0. The number of phenolic OH excluding ortho intramolecular Hbond substituents is 1. The van der Waals surface area contributed by atoms with E-state index in [1.807, 2.05) is 30.3 Å². The van der Waals surface area contributed by atoms with Gasteiger partial charge in [-0.15, -0.1) is 10.6 Å². The minimum atomic E-state index is -1.47. The number of phenols is 1. The van der Waals surface area contributed by atoms with E-state index >= 15 is 0 Å². The first-order chi connectivity index (χ1) is 16.5. The predicted octanol–water partition coefficient (Wildman–Crippen LogP) is 3.35. The van der Waals surface area contributed by atoms with Crippen LogP contribution in [0.15, 0.2) is 85.1 Å². The maximum atomic E-state index is 12.5. The number of nitrogens with one attached hydrogen (secondary N) is 1. The fourth-order valence-electron chi connectivity index (χ4n) is 3.70. The molecule has 3 aromatic carbocycles. The van der Waals surface area contributed by atoms with Gasteiger partial charge in [0, 0.05) is 18.4 Å². The molecule has 8 nitrogen and oxygen atoms in total. The molecule has 1 fully saturated rings. The number of aromatic hydroxyl groups is 1. The number of anilines is 1. The van der Waals surface area contributed by atoms with Gasteiger partial charge >= 0.3 is 5.97 Å². The van der Waals surface area contributed by atoms with Gasteiger partial charge in [0.05, 0.1) is 17.6 Å². The first-order valence-electron chi connectivity index (χ1n) is 10.6. The van der Waals surface area contributed by atoms with Gasteiger partial charge in [-0.1, -0.05) is 66.7 Å². The van der Waals surface area contributed by atoms with E-state index in [-0.39, 0.29) is 17.9 Å². The third kappa shape index (κ3) is 4.39. The minimum Gasteiger partial charge on any atom is -0.872 e. The summed E-state index contributed by atoms with van der Waals surface area (Å²) in [6, 6.07) is 22.6. The average Bonchev–Trinajstić information content (AvgIpc) is 2.86. The topological polar surface area (TPSA) is 117 Å². The molecule has 0 aliphatic carbocycles. The van der Waals surface area contributed by atoms with Gasteiger partial charge in [0.1, 0.15) is 5.75 Å². The summed E-state index contributed by atoms with van der Waals surface area (Å²) in [6.07, 6.45) is 2.19. The molecule has 0 radical (unpaired) electrons. The van der Waals surface area contributed by atoms with Gasteiger partial charge in [-0.2, -0.15) is 0 Å². The molecule has 0 spiro atoms. The molecule has 34 heavy (non-hydrogen) atoms. The van der Waals surface area contributed by atoms with Crippen LogP contribution in [-0.4, -0.2) is 26.8 Å². The van der Waals surface area contributed by atoms with E-state index in [0.29, 0.717) is 23.6 Å². The van der Waals surface area contributed by atoms with Crippen LogP contribution >= 0.6 is 0 Å². The lowest BCUT2D eigenvalue weighted by Crippen LogP contribution is -2.60. The molecule has 1 aliphatic rings. The van der Waals surface area contributed by atoms with Gasteiger partial charge < -0.3 is 15.5 Å². The van der Waals surface area contributed by atoms with Crippen LogP contribution in [0.2, 0.25) is 0 Å². The first-order valence-corrected chi connectivity index (χ1v) is 10.6. The van der Waals surface area contributed by atoms with E-state index in [1.54, 1.807) is 30.5 Å². The summed E-state index contributed by atoms with van der Waals surface area (Å²) in [5, 5.41) is 24.1. The second kappa shape index (κ2) is 8.84. The average molecular weight is 454 g/mol. The smallest absolute Gasteiger partial charge is 0.399 e. The van der Waals surface area contributed by atoms with Crippen LogP contribution in [0.5, 0.6) is 11.5 Å². The largest absolute Gasteiger partial charge is 0.872 e. The summed E-state index contributed by atoms with van der Waals surface area (Å²) in [5.41, 5.74) is 2.25. The van der Waals surface area contributed by atoms with Crippen molar-refractivity contribution in [3.63, 3.8) is 0 Å². The van der Waals surface area contributed by atoms with Crippen molar-refractivity contribution in [1.29, 1.82) is 0 Å². The number of benzene rings is 3. The molecule has 4 aromatic rings. The van der Waals surface area contributed by atoms with Crippen molar-refractivity contribution < 1.29 is 24.8 Å². The van der Waals surface area contributed by atoms with Crippen molar-refractivity contribution in [1.82, 2.24) is 9.97 Å². The molecule has 1 aromatic heterocycles. The fraction of sp³-hybridized carbons (Fsp3) is 0.115. The quantitative estimate of drug-likeness (QED) is 0.409. The Bertz CT molecular complexity index is 1310. The second-order valence-corrected chi connectivity index (χ2v) is 7.99. The van der Waals surface area contributed by atoms with Gasteiger partial charge in [-0.25, -0.2) is 14.8 Å². The summed E-state index contributed by atoms with van der Waals surface area (Å²) in [6.45, 7) is 0. The van der Waals surface area contributed by atoms with Crippen LogP contribution in [0.4, 0.5) is 5.82 Å². The Balaban J connectivity index is 1.50. The van der Waals surface area contributed by atoms with Crippen molar-refractivity contribution >= 4 is 11.8 Å². The highest BCUT2D eigenvalue weighted by Gasteiger charge is 2.54. The van der Waals surface area contributed by atoms with Crippen LogP contribution in [0, 0.1) is 0 Å². The van der Waals surface area contributed by atoms with E-state index in [9.17, 15) is 15.0 Å². The van der Waals surface area contributed by atoms with Crippen LogP contribution in [0.25, 0.3) is 11.3 Å². The molecule has 8 heteroatoms. The van der Waals surface area contributed by atoms with Gasteiger partial charge in [-0.05, 0) is 23.3 Å². The summed E-state index contributed by atoms with van der Waals surface area (Å²) in [7, 11) is 0. The number of hydrogen-bond donors (Lipinski definition) is 2. The van der Waals surface area contributed by atoms with Crippen molar-refractivity contribution in [2.45, 2.75) is 18.6 Å². The van der Waals surface area contributed by atoms with E-state index < -0.39 is 11.7 Å². The molecule has 2 heterocycles. The SMILES string of the molecule is O=C1OOC1(Cc1ccc(O)cc1)Nc1ncc(-c2ccc([O-])cc2)nc1Cc1ccccc1. The Kier molecular flexibility index (Phi) is 5.57. The van der Waals surface area contributed by atoms with E-state index in [2.05, 4.69) is 15.2 Å². The lowest BCUT2D eigenvalue weighted by molar-refractivity contribution is -0.393. The zero-order valence-corrected chi connectivity index (χ0v) is 18.0. The highest BCUT2D eigenvalue weighted by molar-refractivity contribution is 5.85. The molecule has 1 unspecified atom stereocenters. The molecule has 1 aliphatic heterocycles. The zero-order valence-electron chi connectivity index (χ0n) is 18.0. The normalized spacial score (nSPS) is 17.0. The lowest BCUT2D eigenvalue weighted by Gasteiger charge is -2.37. The molecule has 170 valence electrons. The molecule has 0 amide bonds. The summed E-state index contributed by atoms with van der Waals surface area (Å²) < 4.78 is 0. The van der Waals surface area contributed by atoms with Gasteiger partial charge in [0.25, 0.3) is 5.72 Å². The maximum absolute atomic E-state index is 12.5. The van der Waals surface area contributed by atoms with E-state index in [0.717, 1.165) is 16.7 Å². The number of carbonyl (C=O) groups excluding carboxylic acids is 1. The Labute approximate surface area is 195 Å². The lowest BCUT2D eigenvalue weighted by atomic mass is 10.0. The molecule has 5 rings (SSSR count). The standard InChI is InChI=1S/C26H21N3O5/c30-20-10-6-18(7-11-20)15-26(25(32)33-34-26)29-24-22(14-17-4-2-1-3-5-17)28-23(16-27-24)19-8-12-21(31)13-9-19/h1-13,16,30-31H,14-15H2,(H,27,29)/p-1. The summed E-state index contributed by atoms with van der Waals surface area (Å²) in [4.78, 5) is 31.7. The Morgan fingerprint density at radius 3 is 2.32 bits per heavy atom. The minimum absolute atomic E-state index is 0.0867. The summed E-state index contributed by atoms with van der Waals surface area (Å²) in [5.74, 6) is -0.164. The van der Waals surface area contributed by atoms with E-state index in [1.165, 1.54) is 24.3 Å². The Morgan fingerprint density at radius 2 is 1.68 bits per heavy atom. The number of aromatic nitrogens is 2. The molecule has 1 atom stereocenters. The highest BCUT2D eigenvalue weighted by Crippen LogP contribution is 2.32. The van der Waals surface area contributed by atoms with Crippen LogP contribution in [0.1, 0.15) is 16.8 Å². The van der Waals surface area contributed by atoms with Crippen LogP contribution in [-0.2, 0) is 27.4 Å². The van der Waals surface area contributed by atoms with Gasteiger partial charge in [0.15, 0.2) is 5.82 Å². The third-order valence-corrected chi connectivity index (χ3v) is 5.51. The van der Waals surface area contributed by atoms with Crippen molar-refractivity contribution in [2.75, 3.05) is 5.32 Å². The molecule has 0 bridgehead atoms. The monoisotopic (exact) mass is 454 g/mol.